The molecule has 2 aromatic heterocycles. The Balaban J connectivity index is 2.27. The highest BCUT2D eigenvalue weighted by Gasteiger charge is 2.43. The maximum absolute atomic E-state index is 13.6. The second-order valence-corrected chi connectivity index (χ2v) is 6.45. The topological polar surface area (TPSA) is 86.1 Å². The van der Waals surface area contributed by atoms with Gasteiger partial charge < -0.3 is 0 Å². The number of carbonyl (C=O) groups excluding carboxylic acids is 3. The summed E-state index contributed by atoms with van der Waals surface area (Å²) in [6, 6.07) is 3.30. The molecule has 1 saturated carbocycles. The molecule has 9 heteroatoms. The normalized spacial score (nSPS) is 15.8. The highest BCUT2D eigenvalue weighted by molar-refractivity contribution is 6.25. The van der Waals surface area contributed by atoms with Crippen LogP contribution < -0.4 is 5.56 Å². The molecule has 2 heterocycles. The Morgan fingerprint density at radius 3 is 2.43 bits per heavy atom. The molecule has 28 heavy (non-hydrogen) atoms. The minimum Gasteiger partial charge on any atom is -0.298 e. The Bertz CT molecular complexity index is 1050. The molecule has 0 unspecified atom stereocenters. The number of carbonyl (C=O) groups is 3. The van der Waals surface area contributed by atoms with Gasteiger partial charge in [0.15, 0.2) is 23.0 Å². The first-order valence-electron chi connectivity index (χ1n) is 8.47. The molecular formula is C19H15F3N2O4. The molecule has 0 N–H and O–H groups in total. The summed E-state index contributed by atoms with van der Waals surface area (Å²) in [6.45, 7) is 3.38. The van der Waals surface area contributed by atoms with Crippen molar-refractivity contribution in [2.45, 2.75) is 32.0 Å². The van der Waals surface area contributed by atoms with Gasteiger partial charge in [0.1, 0.15) is 11.6 Å². The zero-order chi connectivity index (χ0) is 20.6. The molecule has 1 aliphatic carbocycles. The number of halogens is 3. The summed E-state index contributed by atoms with van der Waals surface area (Å²) >= 11 is 0. The van der Waals surface area contributed by atoms with Crippen LogP contribution in [0.4, 0.5) is 13.2 Å². The molecule has 1 fully saturated rings. The molecule has 0 amide bonds. The van der Waals surface area contributed by atoms with Crippen molar-refractivity contribution in [3.8, 4) is 0 Å². The number of nitrogens with zero attached hydrogens (tertiary/aromatic N) is 2. The van der Waals surface area contributed by atoms with E-state index in [1.807, 2.05) is 0 Å². The van der Waals surface area contributed by atoms with Crippen LogP contribution in [0.15, 0.2) is 35.6 Å². The quantitative estimate of drug-likeness (QED) is 0.454. The summed E-state index contributed by atoms with van der Waals surface area (Å²) in [4.78, 5) is 52.3. The van der Waals surface area contributed by atoms with E-state index in [-0.39, 0.29) is 36.8 Å². The summed E-state index contributed by atoms with van der Waals surface area (Å²) in [5.41, 5.74) is -3.22. The smallest absolute Gasteiger partial charge is 0.298 e. The van der Waals surface area contributed by atoms with Gasteiger partial charge in [0.05, 0.1) is 5.56 Å². The highest BCUT2D eigenvalue weighted by Crippen LogP contribution is 2.34. The fraction of sp³-hybridized carbons (Fsp3) is 0.316. The van der Waals surface area contributed by atoms with E-state index >= 15 is 0 Å². The van der Waals surface area contributed by atoms with Crippen LogP contribution in [0.25, 0.3) is 11.0 Å². The van der Waals surface area contributed by atoms with Gasteiger partial charge in [-0.2, -0.15) is 13.2 Å². The van der Waals surface area contributed by atoms with E-state index < -0.39 is 46.3 Å². The number of aromatic nitrogens is 2. The van der Waals surface area contributed by atoms with Crippen LogP contribution in [0.3, 0.4) is 0 Å². The van der Waals surface area contributed by atoms with E-state index in [9.17, 15) is 32.3 Å². The summed E-state index contributed by atoms with van der Waals surface area (Å²) in [5, 5.41) is 0.105. The third-order valence-corrected chi connectivity index (χ3v) is 4.56. The van der Waals surface area contributed by atoms with E-state index in [1.54, 1.807) is 0 Å². The maximum atomic E-state index is 13.6. The first-order chi connectivity index (χ1) is 13.1. The first kappa shape index (κ1) is 19.7. The van der Waals surface area contributed by atoms with Gasteiger partial charge in [-0.15, -0.1) is 6.58 Å². The number of ketones is 3. The van der Waals surface area contributed by atoms with Gasteiger partial charge >= 0.3 is 6.18 Å². The zero-order valence-corrected chi connectivity index (χ0v) is 14.6. The molecule has 2 aromatic rings. The highest BCUT2D eigenvalue weighted by atomic mass is 19.4. The molecule has 0 spiro atoms. The maximum Gasteiger partial charge on any atom is 0.434 e. The number of pyridine rings is 2. The lowest BCUT2D eigenvalue weighted by atomic mass is 9.81. The number of alkyl halides is 3. The van der Waals surface area contributed by atoms with E-state index in [0.717, 1.165) is 16.7 Å². The van der Waals surface area contributed by atoms with Gasteiger partial charge in [-0.05, 0) is 18.6 Å². The molecule has 0 aromatic carbocycles. The van der Waals surface area contributed by atoms with Crippen LogP contribution in [0.1, 0.15) is 35.3 Å². The minimum absolute atomic E-state index is 0.0383. The predicted octanol–water partition coefficient (Wildman–Crippen LogP) is 2.72. The van der Waals surface area contributed by atoms with Crippen LogP contribution >= 0.6 is 0 Å². The molecule has 6 nitrogen and oxygen atoms in total. The Hall–Kier alpha value is -3.10. The van der Waals surface area contributed by atoms with Crippen molar-refractivity contribution in [2.75, 3.05) is 0 Å². The number of Topliss-reactive ketones (excluding diaryl/α,β-unsaturated/α-hetero) is 3. The SMILES string of the molecule is C=CCn1c(=O)ccc2cc(C(=O)C3C(=O)CCCC3=O)c(C(F)(F)F)nc21. The van der Waals surface area contributed by atoms with E-state index in [2.05, 4.69) is 11.6 Å². The van der Waals surface area contributed by atoms with Crippen molar-refractivity contribution < 1.29 is 27.6 Å². The lowest BCUT2D eigenvalue weighted by Crippen LogP contribution is -2.36. The fourth-order valence-electron chi connectivity index (χ4n) is 3.28. The molecule has 0 atom stereocenters. The second kappa shape index (κ2) is 7.14. The third kappa shape index (κ3) is 3.39. The largest absolute Gasteiger partial charge is 0.434 e. The molecule has 0 bridgehead atoms. The zero-order valence-electron chi connectivity index (χ0n) is 14.6. The molecule has 0 aliphatic heterocycles. The fourth-order valence-corrected chi connectivity index (χ4v) is 3.28. The van der Waals surface area contributed by atoms with Crippen LogP contribution in [0, 0.1) is 5.92 Å². The molecule has 0 radical (unpaired) electrons. The second-order valence-electron chi connectivity index (χ2n) is 6.45. The van der Waals surface area contributed by atoms with Crippen molar-refractivity contribution in [3.05, 3.63) is 52.5 Å². The Morgan fingerprint density at radius 1 is 1.21 bits per heavy atom. The predicted molar refractivity (Wildman–Crippen MR) is 92.9 cm³/mol. The Labute approximate surface area is 156 Å². The summed E-state index contributed by atoms with van der Waals surface area (Å²) < 4.78 is 41.9. The monoisotopic (exact) mass is 392 g/mol. The summed E-state index contributed by atoms with van der Waals surface area (Å²) in [5.74, 6) is -4.33. The number of fused-ring (bicyclic) bond motifs is 1. The Morgan fingerprint density at radius 2 is 1.86 bits per heavy atom. The number of rotatable bonds is 4. The van der Waals surface area contributed by atoms with E-state index in [1.165, 1.54) is 12.1 Å². The van der Waals surface area contributed by atoms with Gasteiger partial charge in [-0.25, -0.2) is 4.98 Å². The van der Waals surface area contributed by atoms with Gasteiger partial charge in [0.25, 0.3) is 5.56 Å². The molecule has 146 valence electrons. The van der Waals surface area contributed by atoms with Crippen LogP contribution in [0.2, 0.25) is 0 Å². The standard InChI is InChI=1S/C19H15F3N2O4/c1-2-8-24-14(27)7-6-10-9-11(17(19(20,21)22)23-18(10)24)16(28)15-12(25)4-3-5-13(15)26/h2,6-7,9,15H,1,3-5,8H2. The van der Waals surface area contributed by atoms with Crippen LogP contribution in [0.5, 0.6) is 0 Å². The third-order valence-electron chi connectivity index (χ3n) is 4.56. The number of allylic oxidation sites excluding steroid dienone is 1. The molecule has 1 aliphatic rings. The van der Waals surface area contributed by atoms with Crippen LogP contribution in [-0.2, 0) is 22.3 Å². The van der Waals surface area contributed by atoms with E-state index in [0.29, 0.717) is 0 Å². The Kier molecular flexibility index (Phi) is 5.01. The number of hydrogen-bond donors (Lipinski definition) is 0. The van der Waals surface area contributed by atoms with E-state index in [4.69, 9.17) is 0 Å². The van der Waals surface area contributed by atoms with Gasteiger partial charge in [0.2, 0.25) is 0 Å². The van der Waals surface area contributed by atoms with Gasteiger partial charge in [-0.1, -0.05) is 6.08 Å². The van der Waals surface area contributed by atoms with Gasteiger partial charge in [0, 0.05) is 30.8 Å². The lowest BCUT2D eigenvalue weighted by Gasteiger charge is -2.20. The van der Waals surface area contributed by atoms with Crippen molar-refractivity contribution in [1.29, 1.82) is 0 Å². The molecule has 0 saturated heterocycles. The van der Waals surface area contributed by atoms with Crippen molar-refractivity contribution in [3.63, 3.8) is 0 Å². The average Bonchev–Trinajstić information content (AvgIpc) is 2.62. The van der Waals surface area contributed by atoms with Crippen molar-refractivity contribution >= 4 is 28.4 Å². The van der Waals surface area contributed by atoms with Gasteiger partial charge in [-0.3, -0.25) is 23.7 Å². The van der Waals surface area contributed by atoms with Crippen LogP contribution in [-0.4, -0.2) is 26.9 Å². The minimum atomic E-state index is -5.02. The van der Waals surface area contributed by atoms with Crippen molar-refractivity contribution in [1.82, 2.24) is 9.55 Å². The van der Waals surface area contributed by atoms with Crippen molar-refractivity contribution in [2.24, 2.45) is 5.92 Å². The number of hydrogen-bond acceptors (Lipinski definition) is 5. The summed E-state index contributed by atoms with van der Waals surface area (Å²) in [6.07, 6.45) is -3.50. The molecule has 3 rings (SSSR count). The summed E-state index contributed by atoms with van der Waals surface area (Å²) in [7, 11) is 0. The first-order valence-corrected chi connectivity index (χ1v) is 8.47. The average molecular weight is 392 g/mol. The molecular weight excluding hydrogens is 377 g/mol. The lowest BCUT2D eigenvalue weighted by molar-refractivity contribution is -0.142.